The first-order chi connectivity index (χ1) is 9.78. The molecule has 2 aliphatic rings. The maximum Gasteiger partial charge on any atom is 0.239 e. The molecule has 1 aromatic rings. The fourth-order valence-corrected chi connectivity index (χ4v) is 2.24. The van der Waals surface area contributed by atoms with Crippen LogP contribution in [0, 0.1) is 17.2 Å². The summed E-state index contributed by atoms with van der Waals surface area (Å²) in [5.41, 5.74) is 6.52. The number of pyridine rings is 1. The molecule has 1 aromatic heterocycles. The molecule has 3 rings (SSSR count). The van der Waals surface area contributed by atoms with Gasteiger partial charge in [-0.3, -0.25) is 0 Å². The van der Waals surface area contributed by atoms with Gasteiger partial charge in [-0.1, -0.05) is 0 Å². The highest BCUT2D eigenvalue weighted by atomic mass is 16.5. The van der Waals surface area contributed by atoms with Gasteiger partial charge in [0.25, 0.3) is 0 Å². The Balaban J connectivity index is 1.73. The molecule has 0 atom stereocenters. The van der Waals surface area contributed by atoms with Crippen molar-refractivity contribution in [2.24, 2.45) is 5.92 Å². The van der Waals surface area contributed by atoms with Gasteiger partial charge in [-0.05, 0) is 43.7 Å². The Bertz CT molecular complexity index is 517. The predicted molar refractivity (Wildman–Crippen MR) is 77.5 cm³/mol. The van der Waals surface area contributed by atoms with Crippen molar-refractivity contribution < 1.29 is 4.74 Å². The second-order valence-electron chi connectivity index (χ2n) is 5.65. The molecule has 5 nitrogen and oxygen atoms in total. The molecular weight excluding hydrogens is 252 g/mol. The predicted octanol–water partition coefficient (Wildman–Crippen LogP) is 2.34. The van der Waals surface area contributed by atoms with Crippen LogP contribution in [0.1, 0.15) is 32.1 Å². The van der Waals surface area contributed by atoms with Crippen LogP contribution in [0.15, 0.2) is 12.1 Å². The zero-order valence-corrected chi connectivity index (χ0v) is 11.6. The minimum absolute atomic E-state index is 0.515. The maximum atomic E-state index is 8.77. The summed E-state index contributed by atoms with van der Waals surface area (Å²) in [6, 6.07) is 6.50. The fraction of sp³-hybridized carbons (Fsp3) is 0.600. The van der Waals surface area contributed by atoms with E-state index in [4.69, 9.17) is 15.7 Å². The van der Waals surface area contributed by atoms with E-state index in [1.54, 1.807) is 0 Å². The average Bonchev–Trinajstić information content (AvgIpc) is 3.33. The highest BCUT2D eigenvalue weighted by Crippen LogP contribution is 2.34. The van der Waals surface area contributed by atoms with Crippen molar-refractivity contribution in [1.29, 1.82) is 5.26 Å². The number of anilines is 2. The summed E-state index contributed by atoms with van der Waals surface area (Å²) >= 11 is 0. The Morgan fingerprint density at radius 3 is 2.80 bits per heavy atom. The van der Waals surface area contributed by atoms with Crippen molar-refractivity contribution in [2.75, 3.05) is 23.8 Å². The highest BCUT2D eigenvalue weighted by Gasteiger charge is 2.30. The van der Waals surface area contributed by atoms with Gasteiger partial charge < -0.3 is 15.4 Å². The van der Waals surface area contributed by atoms with Gasteiger partial charge in [0.1, 0.15) is 5.82 Å². The lowest BCUT2D eigenvalue weighted by atomic mass is 10.3. The lowest BCUT2D eigenvalue weighted by Crippen LogP contribution is -2.27. The van der Waals surface area contributed by atoms with Gasteiger partial charge >= 0.3 is 0 Å². The molecule has 2 fully saturated rings. The smallest absolute Gasteiger partial charge is 0.239 e. The number of aromatic nitrogens is 1. The summed E-state index contributed by atoms with van der Waals surface area (Å²) in [7, 11) is 0. The van der Waals surface area contributed by atoms with E-state index in [9.17, 15) is 0 Å². The molecule has 0 saturated heterocycles. The number of rotatable bonds is 7. The Hall–Kier alpha value is -1.96. The second-order valence-corrected chi connectivity index (χ2v) is 5.65. The molecule has 20 heavy (non-hydrogen) atoms. The summed E-state index contributed by atoms with van der Waals surface area (Å²) in [5, 5.41) is 8.77. The normalized spacial score (nSPS) is 17.6. The van der Waals surface area contributed by atoms with Gasteiger partial charge in [-0.25, -0.2) is 0 Å². The van der Waals surface area contributed by atoms with Crippen molar-refractivity contribution in [3.05, 3.63) is 12.1 Å². The molecule has 0 aliphatic heterocycles. The average molecular weight is 272 g/mol. The SMILES string of the molecule is N#CCCN(c1ccc(N)c(OCC2CC2)n1)C1CC1. The van der Waals surface area contributed by atoms with Crippen LogP contribution in [0.25, 0.3) is 0 Å². The topological polar surface area (TPSA) is 75.2 Å². The molecule has 0 bridgehead atoms. The van der Waals surface area contributed by atoms with Crippen molar-refractivity contribution >= 4 is 11.5 Å². The molecular formula is C15H20N4O. The number of hydrogen-bond donors (Lipinski definition) is 1. The van der Waals surface area contributed by atoms with Crippen molar-refractivity contribution in [2.45, 2.75) is 38.1 Å². The number of nitrogens with two attached hydrogens (primary N) is 1. The molecule has 2 N–H and O–H groups in total. The number of hydrogen-bond acceptors (Lipinski definition) is 5. The zero-order valence-electron chi connectivity index (χ0n) is 11.6. The molecule has 0 spiro atoms. The number of nitriles is 1. The van der Waals surface area contributed by atoms with Crippen LogP contribution in [-0.2, 0) is 0 Å². The molecule has 2 saturated carbocycles. The summed E-state index contributed by atoms with van der Waals surface area (Å²) in [5.74, 6) is 2.10. The molecule has 0 radical (unpaired) electrons. The molecule has 0 unspecified atom stereocenters. The summed E-state index contributed by atoms with van der Waals surface area (Å²) in [6.07, 6.45) is 5.36. The molecule has 106 valence electrons. The van der Waals surface area contributed by atoms with E-state index in [0.29, 0.717) is 36.6 Å². The Labute approximate surface area is 119 Å². The van der Waals surface area contributed by atoms with E-state index < -0.39 is 0 Å². The van der Waals surface area contributed by atoms with E-state index in [1.807, 2.05) is 12.1 Å². The van der Waals surface area contributed by atoms with Crippen molar-refractivity contribution in [1.82, 2.24) is 4.98 Å². The van der Waals surface area contributed by atoms with E-state index in [2.05, 4.69) is 16.0 Å². The number of nitrogens with zero attached hydrogens (tertiary/aromatic N) is 3. The lowest BCUT2D eigenvalue weighted by Gasteiger charge is -2.23. The first kappa shape index (κ1) is 13.0. The monoisotopic (exact) mass is 272 g/mol. The van der Waals surface area contributed by atoms with Gasteiger partial charge in [-0.15, -0.1) is 0 Å². The minimum atomic E-state index is 0.515. The van der Waals surface area contributed by atoms with Gasteiger partial charge in [0, 0.05) is 12.6 Å². The van der Waals surface area contributed by atoms with E-state index in [0.717, 1.165) is 12.4 Å². The third kappa shape index (κ3) is 3.13. The third-order valence-corrected chi connectivity index (χ3v) is 3.77. The summed E-state index contributed by atoms with van der Waals surface area (Å²) in [4.78, 5) is 6.76. The first-order valence-corrected chi connectivity index (χ1v) is 7.31. The number of nitrogen functional groups attached to an aromatic ring is 1. The molecule has 2 aliphatic carbocycles. The van der Waals surface area contributed by atoms with Crippen LogP contribution >= 0.6 is 0 Å². The van der Waals surface area contributed by atoms with Gasteiger partial charge in [-0.2, -0.15) is 10.2 Å². The van der Waals surface area contributed by atoms with Crippen LogP contribution < -0.4 is 15.4 Å². The Kier molecular flexibility index (Phi) is 3.64. The Morgan fingerprint density at radius 1 is 1.35 bits per heavy atom. The molecule has 0 amide bonds. The minimum Gasteiger partial charge on any atom is -0.476 e. The quantitative estimate of drug-likeness (QED) is 0.824. The number of ether oxygens (including phenoxy) is 1. The van der Waals surface area contributed by atoms with E-state index in [1.165, 1.54) is 25.7 Å². The van der Waals surface area contributed by atoms with E-state index in [-0.39, 0.29) is 0 Å². The summed E-state index contributed by atoms with van der Waals surface area (Å²) < 4.78 is 5.73. The van der Waals surface area contributed by atoms with Gasteiger partial charge in [0.15, 0.2) is 0 Å². The third-order valence-electron chi connectivity index (χ3n) is 3.77. The standard InChI is InChI=1S/C15H20N4O/c16-8-1-9-19(12-4-5-12)14-7-6-13(17)15(18-14)20-10-11-2-3-11/h6-7,11-12H,1-5,9-10,17H2. The van der Waals surface area contributed by atoms with Crippen LogP contribution in [0.3, 0.4) is 0 Å². The van der Waals surface area contributed by atoms with Crippen molar-refractivity contribution in [3.8, 4) is 11.9 Å². The molecule has 0 aromatic carbocycles. The maximum absolute atomic E-state index is 8.77. The van der Waals surface area contributed by atoms with Gasteiger partial charge in [0.2, 0.25) is 5.88 Å². The van der Waals surface area contributed by atoms with E-state index >= 15 is 0 Å². The molecule has 1 heterocycles. The zero-order chi connectivity index (χ0) is 13.9. The Morgan fingerprint density at radius 2 is 2.15 bits per heavy atom. The van der Waals surface area contributed by atoms with Crippen LogP contribution in [0.2, 0.25) is 0 Å². The van der Waals surface area contributed by atoms with Crippen LogP contribution in [0.4, 0.5) is 11.5 Å². The van der Waals surface area contributed by atoms with Crippen LogP contribution in [0.5, 0.6) is 5.88 Å². The first-order valence-electron chi connectivity index (χ1n) is 7.31. The van der Waals surface area contributed by atoms with Crippen LogP contribution in [-0.4, -0.2) is 24.2 Å². The lowest BCUT2D eigenvalue weighted by molar-refractivity contribution is 0.290. The highest BCUT2D eigenvalue weighted by molar-refractivity contribution is 5.55. The largest absolute Gasteiger partial charge is 0.476 e. The fourth-order valence-electron chi connectivity index (χ4n) is 2.24. The van der Waals surface area contributed by atoms with Gasteiger partial charge in [0.05, 0.1) is 24.8 Å². The van der Waals surface area contributed by atoms with Crippen molar-refractivity contribution in [3.63, 3.8) is 0 Å². The second kappa shape index (κ2) is 5.58. The molecule has 5 heteroatoms. The summed E-state index contributed by atoms with van der Waals surface area (Å²) in [6.45, 7) is 1.43.